The van der Waals surface area contributed by atoms with Gasteiger partial charge >= 0.3 is 15.4 Å². The van der Waals surface area contributed by atoms with Gasteiger partial charge in [-0.1, -0.05) is 6.58 Å². The molecular formula is C5H6F2O4S. The number of hydrogen-bond acceptors (Lipinski definition) is 3. The Bertz CT molecular complexity index is 316. The summed E-state index contributed by atoms with van der Waals surface area (Å²) in [5.41, 5.74) is -0.641. The van der Waals surface area contributed by atoms with E-state index in [-0.39, 0.29) is 0 Å². The molecule has 0 radical (unpaired) electrons. The Hall–Kier alpha value is -0.820. The van der Waals surface area contributed by atoms with Crippen molar-refractivity contribution in [2.75, 3.05) is 0 Å². The summed E-state index contributed by atoms with van der Waals surface area (Å²) in [6.07, 6.45) is 0. The van der Waals surface area contributed by atoms with Gasteiger partial charge in [0, 0.05) is 0 Å². The summed E-state index contributed by atoms with van der Waals surface area (Å²) >= 11 is 0. The minimum atomic E-state index is -5.69. The van der Waals surface area contributed by atoms with Gasteiger partial charge < -0.3 is 0 Å². The SMILES string of the molecule is C=C(C)C(=O)C(F)(F)S(=O)(=O)O. The fraction of sp³-hybridized carbons (Fsp3) is 0.400. The molecule has 0 aliphatic carbocycles. The smallest absolute Gasteiger partial charge is 0.286 e. The number of rotatable bonds is 3. The van der Waals surface area contributed by atoms with Crippen molar-refractivity contribution in [1.29, 1.82) is 0 Å². The molecule has 0 aromatic carbocycles. The first kappa shape index (κ1) is 11.2. The molecule has 0 heterocycles. The van der Waals surface area contributed by atoms with Crippen LogP contribution >= 0.6 is 0 Å². The Labute approximate surface area is 67.6 Å². The normalized spacial score (nSPS) is 12.7. The molecule has 12 heavy (non-hydrogen) atoms. The molecule has 4 nitrogen and oxygen atoms in total. The average molecular weight is 200 g/mol. The molecule has 0 aliphatic rings. The Balaban J connectivity index is 5.15. The highest BCUT2D eigenvalue weighted by atomic mass is 32.2. The number of alkyl halides is 2. The Kier molecular flexibility index (Phi) is 2.71. The average Bonchev–Trinajstić information content (AvgIpc) is 1.83. The van der Waals surface area contributed by atoms with Crippen LogP contribution in [0, 0.1) is 0 Å². The van der Waals surface area contributed by atoms with E-state index in [0.717, 1.165) is 6.92 Å². The number of carbonyl (C=O) groups is 1. The summed E-state index contributed by atoms with van der Waals surface area (Å²) in [6, 6.07) is 0. The maximum absolute atomic E-state index is 12.3. The third-order valence-electron chi connectivity index (χ3n) is 0.976. The first-order valence-electron chi connectivity index (χ1n) is 2.66. The van der Waals surface area contributed by atoms with E-state index in [1.165, 1.54) is 0 Å². The lowest BCUT2D eigenvalue weighted by Gasteiger charge is -2.10. The van der Waals surface area contributed by atoms with Crippen LogP contribution in [-0.2, 0) is 14.9 Å². The maximum Gasteiger partial charge on any atom is 0.430 e. The van der Waals surface area contributed by atoms with E-state index < -0.39 is 26.7 Å². The van der Waals surface area contributed by atoms with Gasteiger partial charge in [-0.05, 0) is 12.5 Å². The number of halogens is 2. The van der Waals surface area contributed by atoms with Gasteiger partial charge in [-0.25, -0.2) is 0 Å². The molecule has 0 fully saturated rings. The van der Waals surface area contributed by atoms with Gasteiger partial charge in [0.1, 0.15) is 0 Å². The predicted octanol–water partition coefficient (Wildman–Crippen LogP) is 0.612. The molecule has 0 amide bonds. The number of Topliss-reactive ketones (excluding diaryl/α,β-unsaturated/α-hetero) is 1. The topological polar surface area (TPSA) is 71.4 Å². The van der Waals surface area contributed by atoms with Crippen LogP contribution in [0.3, 0.4) is 0 Å². The Morgan fingerprint density at radius 3 is 1.92 bits per heavy atom. The minimum absolute atomic E-state index is 0.641. The molecule has 0 rings (SSSR count). The first-order chi connectivity index (χ1) is 5.10. The van der Waals surface area contributed by atoms with Crippen LogP contribution in [0.1, 0.15) is 6.92 Å². The monoisotopic (exact) mass is 200 g/mol. The summed E-state index contributed by atoms with van der Waals surface area (Å²) in [5.74, 6) is -2.01. The predicted molar refractivity (Wildman–Crippen MR) is 36.3 cm³/mol. The molecule has 7 heteroatoms. The maximum atomic E-state index is 12.3. The van der Waals surface area contributed by atoms with Gasteiger partial charge in [-0.15, -0.1) is 0 Å². The standard InChI is InChI=1S/C5H6F2O4S/c1-3(2)4(8)5(6,7)12(9,10)11/h1H2,2H3,(H,9,10,11). The number of allylic oxidation sites excluding steroid dienone is 1. The van der Waals surface area contributed by atoms with Crippen LogP contribution in [0.4, 0.5) is 8.78 Å². The van der Waals surface area contributed by atoms with Crippen molar-refractivity contribution in [3.63, 3.8) is 0 Å². The second-order valence-electron chi connectivity index (χ2n) is 2.10. The molecule has 0 aromatic rings. The molecule has 0 saturated heterocycles. The van der Waals surface area contributed by atoms with Gasteiger partial charge in [-0.3, -0.25) is 9.35 Å². The van der Waals surface area contributed by atoms with Crippen molar-refractivity contribution in [2.45, 2.75) is 12.2 Å². The van der Waals surface area contributed by atoms with Gasteiger partial charge in [-0.2, -0.15) is 17.2 Å². The van der Waals surface area contributed by atoms with E-state index in [0.29, 0.717) is 0 Å². The van der Waals surface area contributed by atoms with Gasteiger partial charge in [0.15, 0.2) is 0 Å². The number of carbonyl (C=O) groups excluding carboxylic acids is 1. The Morgan fingerprint density at radius 2 is 1.83 bits per heavy atom. The lowest BCUT2D eigenvalue weighted by molar-refractivity contribution is -0.129. The summed E-state index contributed by atoms with van der Waals surface area (Å²) in [4.78, 5) is 10.4. The van der Waals surface area contributed by atoms with Crippen LogP contribution in [0.25, 0.3) is 0 Å². The van der Waals surface area contributed by atoms with E-state index in [4.69, 9.17) is 4.55 Å². The highest BCUT2D eigenvalue weighted by molar-refractivity contribution is 7.87. The minimum Gasteiger partial charge on any atom is -0.286 e. The van der Waals surface area contributed by atoms with Gasteiger partial charge in [0.2, 0.25) is 5.78 Å². The van der Waals surface area contributed by atoms with E-state index in [1.54, 1.807) is 0 Å². The third kappa shape index (κ3) is 1.86. The molecule has 0 unspecified atom stereocenters. The van der Waals surface area contributed by atoms with Gasteiger partial charge in [0.05, 0.1) is 0 Å². The van der Waals surface area contributed by atoms with Crippen LogP contribution in [-0.4, -0.2) is 24.0 Å². The molecular weight excluding hydrogens is 194 g/mol. The van der Waals surface area contributed by atoms with Crippen molar-refractivity contribution in [2.24, 2.45) is 0 Å². The molecule has 0 atom stereocenters. The van der Waals surface area contributed by atoms with Crippen molar-refractivity contribution in [3.05, 3.63) is 12.2 Å². The zero-order chi connectivity index (χ0) is 10.2. The summed E-state index contributed by atoms with van der Waals surface area (Å²) < 4.78 is 52.5. The molecule has 0 spiro atoms. The lowest BCUT2D eigenvalue weighted by Crippen LogP contribution is -2.37. The molecule has 1 N–H and O–H groups in total. The fourth-order valence-corrected chi connectivity index (χ4v) is 0.774. The summed E-state index contributed by atoms with van der Waals surface area (Å²) in [6.45, 7) is 3.75. The van der Waals surface area contributed by atoms with Crippen molar-refractivity contribution in [1.82, 2.24) is 0 Å². The van der Waals surface area contributed by atoms with Crippen LogP contribution in [0.2, 0.25) is 0 Å². The summed E-state index contributed by atoms with van der Waals surface area (Å²) in [5, 5.41) is -4.79. The third-order valence-corrected chi connectivity index (χ3v) is 1.81. The van der Waals surface area contributed by atoms with Crippen molar-refractivity contribution < 1.29 is 26.5 Å². The second-order valence-corrected chi connectivity index (χ2v) is 3.56. The lowest BCUT2D eigenvalue weighted by atomic mass is 10.2. The molecule has 0 aromatic heterocycles. The number of hydrogen-bond donors (Lipinski definition) is 1. The second kappa shape index (κ2) is 2.91. The zero-order valence-electron chi connectivity index (χ0n) is 6.04. The zero-order valence-corrected chi connectivity index (χ0v) is 6.86. The van der Waals surface area contributed by atoms with Crippen LogP contribution < -0.4 is 0 Å². The largest absolute Gasteiger partial charge is 0.430 e. The van der Waals surface area contributed by atoms with E-state index in [1.807, 2.05) is 0 Å². The van der Waals surface area contributed by atoms with Crippen molar-refractivity contribution in [3.8, 4) is 0 Å². The molecule has 70 valence electrons. The quantitative estimate of drug-likeness (QED) is 0.535. The molecule has 0 bridgehead atoms. The van der Waals surface area contributed by atoms with Crippen molar-refractivity contribution >= 4 is 15.9 Å². The fourth-order valence-electron chi connectivity index (χ4n) is 0.366. The van der Waals surface area contributed by atoms with E-state index >= 15 is 0 Å². The number of ketones is 1. The van der Waals surface area contributed by atoms with E-state index in [9.17, 15) is 22.0 Å². The van der Waals surface area contributed by atoms with E-state index in [2.05, 4.69) is 6.58 Å². The Morgan fingerprint density at radius 1 is 1.50 bits per heavy atom. The van der Waals surface area contributed by atoms with Gasteiger partial charge in [0.25, 0.3) is 0 Å². The first-order valence-corrected chi connectivity index (χ1v) is 4.10. The molecule has 0 aliphatic heterocycles. The summed E-state index contributed by atoms with van der Waals surface area (Å²) in [7, 11) is -5.69. The van der Waals surface area contributed by atoms with Crippen LogP contribution in [0.5, 0.6) is 0 Å². The highest BCUT2D eigenvalue weighted by Gasteiger charge is 2.51. The van der Waals surface area contributed by atoms with Crippen LogP contribution in [0.15, 0.2) is 12.2 Å². The highest BCUT2D eigenvalue weighted by Crippen LogP contribution is 2.24. The molecule has 0 saturated carbocycles.